The van der Waals surface area contributed by atoms with Crippen LogP contribution >= 0.6 is 22.9 Å². The minimum atomic E-state index is -0.295. The second kappa shape index (κ2) is 9.54. The molecule has 3 heterocycles. The Morgan fingerprint density at radius 1 is 1.12 bits per heavy atom. The second-order valence-electron chi connectivity index (χ2n) is 7.39. The summed E-state index contributed by atoms with van der Waals surface area (Å²) in [6.45, 7) is 5.96. The maximum absolute atomic E-state index is 12.7. The molecule has 0 aliphatic rings. The lowest BCUT2D eigenvalue weighted by atomic mass is 10.00. The highest BCUT2D eigenvalue weighted by molar-refractivity contribution is 7.16. The quantitative estimate of drug-likeness (QED) is 0.328. The predicted octanol–water partition coefficient (Wildman–Crippen LogP) is 6.42. The first-order chi connectivity index (χ1) is 15.4. The summed E-state index contributed by atoms with van der Waals surface area (Å²) in [5, 5.41) is 7.89. The van der Waals surface area contributed by atoms with Crippen LogP contribution in [0.5, 0.6) is 0 Å². The van der Waals surface area contributed by atoms with Crippen molar-refractivity contribution in [1.82, 2.24) is 9.97 Å². The Labute approximate surface area is 195 Å². The molecule has 164 valence electrons. The van der Waals surface area contributed by atoms with Gasteiger partial charge in [0.05, 0.1) is 12.3 Å². The molecular weight excluding hydrogens is 444 g/mol. The molecule has 0 saturated carbocycles. The molecule has 3 aromatic heterocycles. The number of thiophene rings is 1. The standard InChI is InChI=1S/C24H23ClN4O2S/c1-4-18-13-19(23(32-18)29-22(30)20-6-5-11-31-20)21(16-7-9-17(25)10-8-16)28-24-26-14(2)12-15(3)27-24/h5-13,21H,4H2,1-3H3,(H,29,30)(H,26,27,28). The molecule has 0 saturated heterocycles. The topological polar surface area (TPSA) is 80.0 Å². The average molecular weight is 467 g/mol. The molecule has 8 heteroatoms. The number of benzene rings is 1. The summed E-state index contributed by atoms with van der Waals surface area (Å²) in [4.78, 5) is 23.0. The van der Waals surface area contributed by atoms with Crippen molar-refractivity contribution < 1.29 is 9.21 Å². The predicted molar refractivity (Wildman–Crippen MR) is 129 cm³/mol. The van der Waals surface area contributed by atoms with Crippen LogP contribution in [0.15, 0.2) is 59.2 Å². The normalized spacial score (nSPS) is 11.9. The third kappa shape index (κ3) is 5.00. The number of anilines is 2. The number of amides is 1. The average Bonchev–Trinajstić information content (AvgIpc) is 3.42. The van der Waals surface area contributed by atoms with E-state index in [0.29, 0.717) is 11.0 Å². The SMILES string of the molecule is CCc1cc(C(Nc2nc(C)cc(C)n2)c2ccc(Cl)cc2)c(NC(=O)c2ccco2)s1. The van der Waals surface area contributed by atoms with Crippen LogP contribution < -0.4 is 10.6 Å². The molecule has 0 aliphatic heterocycles. The molecule has 0 spiro atoms. The van der Waals surface area contributed by atoms with Crippen molar-refractivity contribution in [3.8, 4) is 0 Å². The van der Waals surface area contributed by atoms with Gasteiger partial charge in [0.2, 0.25) is 5.95 Å². The first-order valence-electron chi connectivity index (χ1n) is 10.2. The number of carbonyl (C=O) groups excluding carboxylic acids is 1. The zero-order valence-corrected chi connectivity index (χ0v) is 19.6. The first kappa shape index (κ1) is 22.0. The lowest BCUT2D eigenvalue weighted by molar-refractivity contribution is 0.0997. The van der Waals surface area contributed by atoms with Crippen molar-refractivity contribution in [2.24, 2.45) is 0 Å². The van der Waals surface area contributed by atoms with Gasteiger partial charge in [0, 0.05) is 26.9 Å². The molecule has 0 fully saturated rings. The smallest absolute Gasteiger partial charge is 0.291 e. The van der Waals surface area contributed by atoms with E-state index in [9.17, 15) is 4.79 Å². The minimum absolute atomic E-state index is 0.260. The van der Waals surface area contributed by atoms with Crippen LogP contribution in [0.4, 0.5) is 10.9 Å². The fraction of sp³-hybridized carbons (Fsp3) is 0.208. The molecule has 6 nitrogen and oxygen atoms in total. The number of nitrogens with zero attached hydrogens (tertiary/aromatic N) is 2. The summed E-state index contributed by atoms with van der Waals surface area (Å²) in [5.74, 6) is 0.490. The maximum atomic E-state index is 12.7. The van der Waals surface area contributed by atoms with Crippen LogP contribution in [0.1, 0.15) is 50.9 Å². The van der Waals surface area contributed by atoms with Crippen molar-refractivity contribution in [3.63, 3.8) is 0 Å². The van der Waals surface area contributed by atoms with E-state index < -0.39 is 0 Å². The summed E-state index contributed by atoms with van der Waals surface area (Å²) >= 11 is 7.69. The third-order valence-electron chi connectivity index (χ3n) is 4.90. The van der Waals surface area contributed by atoms with Crippen molar-refractivity contribution in [1.29, 1.82) is 0 Å². The van der Waals surface area contributed by atoms with Crippen LogP contribution in [0.3, 0.4) is 0 Å². The first-order valence-corrected chi connectivity index (χ1v) is 11.4. The van der Waals surface area contributed by atoms with Gasteiger partial charge in [-0.1, -0.05) is 30.7 Å². The Bertz CT molecular complexity index is 1200. The monoisotopic (exact) mass is 466 g/mol. The van der Waals surface area contributed by atoms with Gasteiger partial charge < -0.3 is 15.1 Å². The fourth-order valence-corrected chi connectivity index (χ4v) is 4.59. The van der Waals surface area contributed by atoms with Crippen molar-refractivity contribution in [2.45, 2.75) is 33.2 Å². The van der Waals surface area contributed by atoms with Gasteiger partial charge in [-0.15, -0.1) is 11.3 Å². The van der Waals surface area contributed by atoms with Crippen LogP contribution in [-0.2, 0) is 6.42 Å². The van der Waals surface area contributed by atoms with Gasteiger partial charge in [0.1, 0.15) is 5.00 Å². The largest absolute Gasteiger partial charge is 0.459 e. The van der Waals surface area contributed by atoms with Crippen molar-refractivity contribution >= 4 is 39.8 Å². The second-order valence-corrected chi connectivity index (χ2v) is 8.96. The van der Waals surface area contributed by atoms with E-state index in [-0.39, 0.29) is 17.7 Å². The van der Waals surface area contributed by atoms with Gasteiger partial charge in [-0.2, -0.15) is 0 Å². The molecule has 1 atom stereocenters. The number of aromatic nitrogens is 2. The van der Waals surface area contributed by atoms with Gasteiger partial charge in [0.15, 0.2) is 5.76 Å². The van der Waals surface area contributed by atoms with Gasteiger partial charge in [0.25, 0.3) is 5.91 Å². The number of hydrogen-bond acceptors (Lipinski definition) is 6. The lowest BCUT2D eigenvalue weighted by Crippen LogP contribution is -2.17. The van der Waals surface area contributed by atoms with Gasteiger partial charge in [-0.05, 0) is 62.2 Å². The summed E-state index contributed by atoms with van der Waals surface area (Å²) in [7, 11) is 0. The molecule has 0 bridgehead atoms. The molecule has 32 heavy (non-hydrogen) atoms. The highest BCUT2D eigenvalue weighted by Crippen LogP contribution is 2.38. The van der Waals surface area contributed by atoms with Crippen molar-refractivity contribution in [2.75, 3.05) is 10.6 Å². The van der Waals surface area contributed by atoms with E-state index in [2.05, 4.69) is 33.6 Å². The van der Waals surface area contributed by atoms with E-state index in [1.807, 2.05) is 44.2 Å². The van der Waals surface area contributed by atoms with Gasteiger partial charge >= 0.3 is 0 Å². The summed E-state index contributed by atoms with van der Waals surface area (Å²) in [6, 6.07) is 14.7. The number of nitrogens with one attached hydrogen (secondary N) is 2. The number of furan rings is 1. The Hall–Kier alpha value is -3.16. The van der Waals surface area contributed by atoms with Crippen LogP contribution in [0, 0.1) is 13.8 Å². The van der Waals surface area contributed by atoms with E-state index in [4.69, 9.17) is 16.0 Å². The number of carbonyl (C=O) groups is 1. The summed E-state index contributed by atoms with van der Waals surface area (Å²) < 4.78 is 5.26. The fourth-order valence-electron chi connectivity index (χ4n) is 3.43. The minimum Gasteiger partial charge on any atom is -0.459 e. The van der Waals surface area contributed by atoms with Gasteiger partial charge in [-0.25, -0.2) is 9.97 Å². The Balaban J connectivity index is 1.77. The van der Waals surface area contributed by atoms with E-state index in [1.165, 1.54) is 6.26 Å². The van der Waals surface area contributed by atoms with Crippen LogP contribution in [-0.4, -0.2) is 15.9 Å². The van der Waals surface area contributed by atoms with Gasteiger partial charge in [-0.3, -0.25) is 4.79 Å². The molecule has 0 aliphatic carbocycles. The van der Waals surface area contributed by atoms with E-state index in [1.54, 1.807) is 23.5 Å². The number of rotatable bonds is 7. The van der Waals surface area contributed by atoms with Crippen LogP contribution in [0.2, 0.25) is 5.02 Å². The highest BCUT2D eigenvalue weighted by Gasteiger charge is 2.24. The number of hydrogen-bond donors (Lipinski definition) is 2. The third-order valence-corrected chi connectivity index (χ3v) is 6.36. The molecule has 4 rings (SSSR count). The molecule has 1 aromatic carbocycles. The molecular formula is C24H23ClN4O2S. The summed E-state index contributed by atoms with van der Waals surface area (Å²) in [5.41, 5.74) is 3.66. The van der Waals surface area contributed by atoms with E-state index >= 15 is 0 Å². The molecule has 4 aromatic rings. The van der Waals surface area contributed by atoms with Crippen molar-refractivity contribution in [3.05, 3.63) is 93.0 Å². The molecule has 0 radical (unpaired) electrons. The lowest BCUT2D eigenvalue weighted by Gasteiger charge is -2.21. The summed E-state index contributed by atoms with van der Waals surface area (Å²) in [6.07, 6.45) is 2.33. The Kier molecular flexibility index (Phi) is 6.58. The Morgan fingerprint density at radius 2 is 1.84 bits per heavy atom. The molecule has 2 N–H and O–H groups in total. The van der Waals surface area contributed by atoms with E-state index in [0.717, 1.165) is 38.8 Å². The number of halogens is 1. The van der Waals surface area contributed by atoms with Crippen LogP contribution in [0.25, 0.3) is 0 Å². The molecule has 1 amide bonds. The highest BCUT2D eigenvalue weighted by atomic mass is 35.5. The maximum Gasteiger partial charge on any atom is 0.291 e. The number of aryl methyl sites for hydroxylation is 3. The Morgan fingerprint density at radius 3 is 2.47 bits per heavy atom. The zero-order valence-electron chi connectivity index (χ0n) is 18.0. The molecule has 1 unspecified atom stereocenters. The zero-order chi connectivity index (χ0) is 22.7.